The summed E-state index contributed by atoms with van der Waals surface area (Å²) in [7, 11) is 0. The Kier molecular flexibility index (Phi) is 4.43. The number of aliphatic hydroxyl groups excluding tert-OH is 1. The van der Waals surface area contributed by atoms with Gasteiger partial charge in [0.05, 0.1) is 13.2 Å². The van der Waals surface area contributed by atoms with Crippen molar-refractivity contribution in [3.63, 3.8) is 0 Å². The van der Waals surface area contributed by atoms with Crippen LogP contribution in [0.1, 0.15) is 11.1 Å². The molecule has 5 nitrogen and oxygen atoms in total. The highest BCUT2D eigenvalue weighted by molar-refractivity contribution is 5.99. The molecule has 0 spiro atoms. The lowest BCUT2D eigenvalue weighted by Crippen LogP contribution is -2.14. The third-order valence-corrected chi connectivity index (χ3v) is 1.90. The summed E-state index contributed by atoms with van der Waals surface area (Å²) in [6, 6.07) is 7.57. The van der Waals surface area contributed by atoms with Crippen LogP contribution in [-0.4, -0.2) is 24.1 Å². The number of aryl methyl sites for hydroxylation is 1. The first-order valence-corrected chi connectivity index (χ1v) is 4.64. The first kappa shape index (κ1) is 11.3. The number of aliphatic hydroxyl groups is 1. The van der Waals surface area contributed by atoms with E-state index in [1.54, 1.807) is 0 Å². The SMILES string of the molecule is Cc1ccccc1/C(N=N)=N/NCCO. The zero-order valence-corrected chi connectivity index (χ0v) is 8.57. The van der Waals surface area contributed by atoms with E-state index >= 15 is 0 Å². The van der Waals surface area contributed by atoms with Crippen molar-refractivity contribution in [1.82, 2.24) is 5.43 Å². The van der Waals surface area contributed by atoms with Gasteiger partial charge in [-0.3, -0.25) is 0 Å². The van der Waals surface area contributed by atoms with E-state index in [2.05, 4.69) is 15.6 Å². The highest BCUT2D eigenvalue weighted by Gasteiger charge is 2.04. The molecule has 1 aromatic rings. The zero-order valence-electron chi connectivity index (χ0n) is 8.57. The molecule has 0 amide bonds. The van der Waals surface area contributed by atoms with E-state index in [0.717, 1.165) is 11.1 Å². The molecule has 1 rings (SSSR count). The molecule has 0 fully saturated rings. The van der Waals surface area contributed by atoms with Gasteiger partial charge in [-0.1, -0.05) is 24.3 Å². The lowest BCUT2D eigenvalue weighted by Gasteiger charge is -2.03. The van der Waals surface area contributed by atoms with E-state index in [4.69, 9.17) is 10.6 Å². The Bertz CT molecular complexity index is 362. The monoisotopic (exact) mass is 206 g/mol. The first-order valence-electron chi connectivity index (χ1n) is 4.64. The fourth-order valence-corrected chi connectivity index (χ4v) is 1.15. The van der Waals surface area contributed by atoms with Gasteiger partial charge in [-0.15, -0.1) is 5.11 Å². The van der Waals surface area contributed by atoms with Crippen LogP contribution in [0.3, 0.4) is 0 Å². The average molecular weight is 206 g/mol. The number of hydrogen-bond donors (Lipinski definition) is 3. The second-order valence-corrected chi connectivity index (χ2v) is 2.99. The van der Waals surface area contributed by atoms with Gasteiger partial charge in [-0.2, -0.15) is 5.10 Å². The molecule has 0 saturated heterocycles. The van der Waals surface area contributed by atoms with Crippen molar-refractivity contribution < 1.29 is 5.11 Å². The van der Waals surface area contributed by atoms with E-state index in [0.29, 0.717) is 12.4 Å². The summed E-state index contributed by atoms with van der Waals surface area (Å²) in [5.74, 6) is 0.321. The van der Waals surface area contributed by atoms with Crippen LogP contribution in [0, 0.1) is 12.5 Å². The predicted molar refractivity (Wildman–Crippen MR) is 58.0 cm³/mol. The molecule has 0 aliphatic carbocycles. The fraction of sp³-hybridized carbons (Fsp3) is 0.300. The van der Waals surface area contributed by atoms with Gasteiger partial charge in [-0.05, 0) is 12.5 Å². The maximum absolute atomic E-state index is 8.57. The van der Waals surface area contributed by atoms with Crippen LogP contribution in [-0.2, 0) is 0 Å². The molecule has 15 heavy (non-hydrogen) atoms. The largest absolute Gasteiger partial charge is 0.394 e. The number of benzene rings is 1. The van der Waals surface area contributed by atoms with Crippen molar-refractivity contribution >= 4 is 5.84 Å². The van der Waals surface area contributed by atoms with Crippen molar-refractivity contribution in [2.75, 3.05) is 13.2 Å². The third kappa shape index (κ3) is 3.14. The molecule has 0 aliphatic heterocycles. The second kappa shape index (κ2) is 5.87. The number of hydrogen-bond acceptors (Lipinski definition) is 4. The Balaban J connectivity index is 2.87. The Morgan fingerprint density at radius 2 is 2.20 bits per heavy atom. The molecule has 0 radical (unpaired) electrons. The van der Waals surface area contributed by atoms with Crippen LogP contribution in [0.25, 0.3) is 0 Å². The molecular formula is C10H14N4O. The first-order chi connectivity index (χ1) is 7.29. The number of amidine groups is 1. The maximum Gasteiger partial charge on any atom is 0.200 e. The summed E-state index contributed by atoms with van der Waals surface area (Å²) in [4.78, 5) is 0. The van der Waals surface area contributed by atoms with E-state index in [9.17, 15) is 0 Å². The molecule has 0 aromatic heterocycles. The Morgan fingerprint density at radius 1 is 1.47 bits per heavy atom. The molecule has 0 saturated carbocycles. The van der Waals surface area contributed by atoms with Crippen LogP contribution in [0.4, 0.5) is 0 Å². The summed E-state index contributed by atoms with van der Waals surface area (Å²) in [5, 5.41) is 15.8. The summed E-state index contributed by atoms with van der Waals surface area (Å²) in [6.07, 6.45) is 0. The zero-order chi connectivity index (χ0) is 11.1. The van der Waals surface area contributed by atoms with Gasteiger partial charge in [0.15, 0.2) is 5.84 Å². The lowest BCUT2D eigenvalue weighted by molar-refractivity contribution is 0.293. The number of nitrogens with zero attached hydrogens (tertiary/aromatic N) is 2. The summed E-state index contributed by atoms with van der Waals surface area (Å²) in [5.41, 5.74) is 11.5. The van der Waals surface area contributed by atoms with Gasteiger partial charge in [0, 0.05) is 5.56 Å². The highest BCUT2D eigenvalue weighted by atomic mass is 16.3. The van der Waals surface area contributed by atoms with Crippen molar-refractivity contribution in [3.8, 4) is 0 Å². The van der Waals surface area contributed by atoms with Crippen LogP contribution < -0.4 is 5.43 Å². The third-order valence-electron chi connectivity index (χ3n) is 1.90. The molecule has 0 heterocycles. The summed E-state index contributed by atoms with van der Waals surface area (Å²) >= 11 is 0. The van der Waals surface area contributed by atoms with Crippen molar-refractivity contribution in [2.45, 2.75) is 6.92 Å². The van der Waals surface area contributed by atoms with Gasteiger partial charge in [0.2, 0.25) is 0 Å². The number of nitrogens with one attached hydrogen (secondary N) is 2. The minimum Gasteiger partial charge on any atom is -0.394 e. The minimum absolute atomic E-state index is 0.00253. The minimum atomic E-state index is 0.00253. The van der Waals surface area contributed by atoms with Gasteiger partial charge in [0.25, 0.3) is 0 Å². The van der Waals surface area contributed by atoms with Crippen molar-refractivity contribution in [1.29, 1.82) is 5.53 Å². The van der Waals surface area contributed by atoms with E-state index < -0.39 is 0 Å². The van der Waals surface area contributed by atoms with Crippen LogP contribution in [0.15, 0.2) is 34.5 Å². The molecule has 3 N–H and O–H groups in total. The number of hydrazone groups is 1. The molecule has 0 atom stereocenters. The van der Waals surface area contributed by atoms with Crippen molar-refractivity contribution in [3.05, 3.63) is 35.4 Å². The normalized spacial score (nSPS) is 11.2. The van der Waals surface area contributed by atoms with E-state index in [1.807, 2.05) is 31.2 Å². The second-order valence-electron chi connectivity index (χ2n) is 2.99. The fourth-order valence-electron chi connectivity index (χ4n) is 1.15. The average Bonchev–Trinajstić information content (AvgIpc) is 2.26. The topological polar surface area (TPSA) is 80.8 Å². The summed E-state index contributed by atoms with van der Waals surface area (Å²) < 4.78 is 0. The Labute approximate surface area is 88.3 Å². The van der Waals surface area contributed by atoms with Gasteiger partial charge in [-0.25, -0.2) is 5.53 Å². The van der Waals surface area contributed by atoms with Gasteiger partial charge >= 0.3 is 0 Å². The molecule has 0 bridgehead atoms. The van der Waals surface area contributed by atoms with Crippen molar-refractivity contribution in [2.24, 2.45) is 10.2 Å². The summed E-state index contributed by atoms with van der Waals surface area (Å²) in [6.45, 7) is 2.29. The highest BCUT2D eigenvalue weighted by Crippen LogP contribution is 2.08. The lowest BCUT2D eigenvalue weighted by atomic mass is 10.1. The van der Waals surface area contributed by atoms with Crippen LogP contribution in [0.5, 0.6) is 0 Å². The van der Waals surface area contributed by atoms with Crippen LogP contribution >= 0.6 is 0 Å². The molecule has 80 valence electrons. The quantitative estimate of drug-likeness (QED) is 0.228. The van der Waals surface area contributed by atoms with Crippen LogP contribution in [0.2, 0.25) is 0 Å². The van der Waals surface area contributed by atoms with Gasteiger partial charge < -0.3 is 10.5 Å². The smallest absolute Gasteiger partial charge is 0.200 e. The van der Waals surface area contributed by atoms with E-state index in [-0.39, 0.29) is 6.61 Å². The standard InChI is InChI=1S/C10H14N4O/c1-8-4-2-3-5-9(8)10(13-11)14-12-6-7-15/h2-5,11-12,15H,6-7H2,1H3/b13-11?,14-10-. The molecular weight excluding hydrogens is 192 g/mol. The Hall–Kier alpha value is -1.75. The Morgan fingerprint density at radius 3 is 2.80 bits per heavy atom. The predicted octanol–water partition coefficient (Wildman–Crippen LogP) is 1.27. The maximum atomic E-state index is 8.57. The van der Waals surface area contributed by atoms with E-state index in [1.165, 1.54) is 0 Å². The molecule has 0 aliphatic rings. The molecule has 5 heteroatoms. The molecule has 0 unspecified atom stereocenters. The number of rotatable bonds is 4. The van der Waals surface area contributed by atoms with Gasteiger partial charge in [0.1, 0.15) is 0 Å². The molecule has 1 aromatic carbocycles.